The molecule has 1 aromatic rings. The Hall–Kier alpha value is -1.35. The van der Waals surface area contributed by atoms with Crippen LogP contribution in [0.1, 0.15) is 36.5 Å². The van der Waals surface area contributed by atoms with Crippen LogP contribution >= 0.6 is 0 Å². The molecule has 0 aliphatic rings. The van der Waals surface area contributed by atoms with Crippen LogP contribution in [0.3, 0.4) is 0 Å². The molecule has 0 saturated heterocycles. The highest BCUT2D eigenvalue weighted by atomic mass is 16.5. The van der Waals surface area contributed by atoms with Gasteiger partial charge in [-0.05, 0) is 57.8 Å². The number of ether oxygens (including phenoxy) is 1. The van der Waals surface area contributed by atoms with Crippen LogP contribution in [0.15, 0.2) is 18.2 Å². The highest BCUT2D eigenvalue weighted by molar-refractivity contribution is 5.69. The molecule has 0 unspecified atom stereocenters. The van der Waals surface area contributed by atoms with E-state index in [1.54, 1.807) is 0 Å². The summed E-state index contributed by atoms with van der Waals surface area (Å²) >= 11 is 0. The normalized spacial score (nSPS) is 10.5. The van der Waals surface area contributed by atoms with Gasteiger partial charge in [0, 0.05) is 6.42 Å². The van der Waals surface area contributed by atoms with Crippen LogP contribution in [0.4, 0.5) is 0 Å². The molecular formula is C16H25NO2. The summed E-state index contributed by atoms with van der Waals surface area (Å²) in [7, 11) is 0. The smallest absolute Gasteiger partial charge is 0.305 e. The lowest BCUT2D eigenvalue weighted by molar-refractivity contribution is -0.143. The minimum absolute atomic E-state index is 0.0983. The van der Waals surface area contributed by atoms with E-state index in [0.29, 0.717) is 13.0 Å². The van der Waals surface area contributed by atoms with Crippen molar-refractivity contribution in [3.63, 3.8) is 0 Å². The lowest BCUT2D eigenvalue weighted by Gasteiger charge is -2.08. The van der Waals surface area contributed by atoms with E-state index in [1.165, 1.54) is 16.7 Å². The molecule has 0 spiro atoms. The van der Waals surface area contributed by atoms with Crippen molar-refractivity contribution < 1.29 is 9.53 Å². The molecule has 3 heteroatoms. The summed E-state index contributed by atoms with van der Waals surface area (Å²) in [6.45, 7) is 8.39. The molecule has 0 aliphatic heterocycles. The largest absolute Gasteiger partial charge is 0.466 e. The van der Waals surface area contributed by atoms with Crippen LogP contribution < -0.4 is 5.32 Å². The maximum atomic E-state index is 11.1. The van der Waals surface area contributed by atoms with Crippen molar-refractivity contribution >= 4 is 5.97 Å². The fourth-order valence-electron chi connectivity index (χ4n) is 2.01. The Bertz CT molecular complexity index is 402. The molecule has 1 rings (SSSR count). The van der Waals surface area contributed by atoms with Gasteiger partial charge in [-0.3, -0.25) is 4.79 Å². The van der Waals surface area contributed by atoms with Crippen LogP contribution in [-0.4, -0.2) is 25.7 Å². The molecule has 0 aromatic heterocycles. The number of carbonyl (C=O) groups excluding carboxylic acids is 1. The molecule has 0 radical (unpaired) electrons. The summed E-state index contributed by atoms with van der Waals surface area (Å²) in [6, 6.07) is 6.56. The van der Waals surface area contributed by atoms with Crippen molar-refractivity contribution in [1.82, 2.24) is 5.32 Å². The van der Waals surface area contributed by atoms with E-state index in [0.717, 1.165) is 25.9 Å². The van der Waals surface area contributed by atoms with E-state index in [4.69, 9.17) is 4.74 Å². The summed E-state index contributed by atoms with van der Waals surface area (Å²) in [6.07, 6.45) is 2.38. The van der Waals surface area contributed by atoms with Gasteiger partial charge in [-0.2, -0.15) is 0 Å². The van der Waals surface area contributed by atoms with Crippen molar-refractivity contribution in [2.75, 3.05) is 19.7 Å². The van der Waals surface area contributed by atoms with Crippen molar-refractivity contribution in [2.45, 2.75) is 40.0 Å². The number of benzene rings is 1. The lowest BCUT2D eigenvalue weighted by atomic mass is 10.0. The zero-order valence-corrected chi connectivity index (χ0v) is 12.3. The van der Waals surface area contributed by atoms with E-state index in [9.17, 15) is 4.79 Å². The summed E-state index contributed by atoms with van der Waals surface area (Å²) in [5.74, 6) is -0.0983. The number of esters is 1. The molecule has 0 aliphatic carbocycles. The fourth-order valence-corrected chi connectivity index (χ4v) is 2.01. The molecule has 1 aromatic carbocycles. The predicted molar refractivity (Wildman–Crippen MR) is 78.4 cm³/mol. The van der Waals surface area contributed by atoms with Crippen molar-refractivity contribution in [3.05, 3.63) is 34.9 Å². The third-order valence-electron chi connectivity index (χ3n) is 3.12. The fraction of sp³-hybridized carbons (Fsp3) is 0.562. The topological polar surface area (TPSA) is 38.3 Å². The van der Waals surface area contributed by atoms with Gasteiger partial charge in [0.1, 0.15) is 0 Å². The molecule has 0 atom stereocenters. The molecule has 0 fully saturated rings. The third kappa shape index (κ3) is 6.39. The first-order valence-electron chi connectivity index (χ1n) is 7.06. The van der Waals surface area contributed by atoms with Crippen molar-refractivity contribution in [2.24, 2.45) is 0 Å². The number of hydrogen-bond acceptors (Lipinski definition) is 3. The molecule has 19 heavy (non-hydrogen) atoms. The highest BCUT2D eigenvalue weighted by Gasteiger charge is 2.01. The second-order valence-corrected chi connectivity index (χ2v) is 4.84. The Morgan fingerprint density at radius 3 is 2.79 bits per heavy atom. The summed E-state index contributed by atoms with van der Waals surface area (Å²) in [5.41, 5.74) is 4.06. The molecule has 0 saturated carbocycles. The Balaban J connectivity index is 2.14. The van der Waals surface area contributed by atoms with E-state index in [-0.39, 0.29) is 5.97 Å². The number of hydrogen-bond donors (Lipinski definition) is 1. The van der Waals surface area contributed by atoms with E-state index in [2.05, 4.69) is 37.4 Å². The number of rotatable bonds is 8. The average molecular weight is 263 g/mol. The van der Waals surface area contributed by atoms with Crippen molar-refractivity contribution in [3.8, 4) is 0 Å². The lowest BCUT2D eigenvalue weighted by Crippen LogP contribution is -2.20. The maximum Gasteiger partial charge on any atom is 0.305 e. The number of aryl methyl sites for hydroxylation is 2. The van der Waals surface area contributed by atoms with Crippen LogP contribution in [0.25, 0.3) is 0 Å². The van der Waals surface area contributed by atoms with Gasteiger partial charge in [-0.25, -0.2) is 0 Å². The summed E-state index contributed by atoms with van der Waals surface area (Å²) in [5, 5.41) is 3.37. The Morgan fingerprint density at radius 2 is 2.05 bits per heavy atom. The molecular weight excluding hydrogens is 238 g/mol. The minimum Gasteiger partial charge on any atom is -0.466 e. The van der Waals surface area contributed by atoms with Gasteiger partial charge in [0.15, 0.2) is 0 Å². The molecule has 0 heterocycles. The predicted octanol–water partition coefficient (Wildman–Crippen LogP) is 2.78. The molecule has 106 valence electrons. The number of carbonyl (C=O) groups is 1. The van der Waals surface area contributed by atoms with E-state index in [1.807, 2.05) is 6.92 Å². The van der Waals surface area contributed by atoms with Gasteiger partial charge in [0.05, 0.1) is 6.61 Å². The minimum atomic E-state index is -0.0983. The molecule has 3 nitrogen and oxygen atoms in total. The first-order valence-corrected chi connectivity index (χ1v) is 7.06. The van der Waals surface area contributed by atoms with Gasteiger partial charge in [0.25, 0.3) is 0 Å². The zero-order valence-electron chi connectivity index (χ0n) is 12.3. The van der Waals surface area contributed by atoms with Crippen LogP contribution in [0.5, 0.6) is 0 Å². The van der Waals surface area contributed by atoms with Gasteiger partial charge in [-0.15, -0.1) is 0 Å². The standard InChI is InChI=1S/C16H25NO2/c1-4-19-16(18)6-5-10-17-11-9-15-12-13(2)7-8-14(15)3/h7-8,12,17H,4-6,9-11H2,1-3H3. The Kier molecular flexibility index (Phi) is 7.19. The van der Waals surface area contributed by atoms with Crippen LogP contribution in [-0.2, 0) is 16.0 Å². The van der Waals surface area contributed by atoms with Crippen LogP contribution in [0.2, 0.25) is 0 Å². The van der Waals surface area contributed by atoms with Gasteiger partial charge >= 0.3 is 5.97 Å². The van der Waals surface area contributed by atoms with E-state index < -0.39 is 0 Å². The molecule has 1 N–H and O–H groups in total. The number of nitrogens with one attached hydrogen (secondary N) is 1. The van der Waals surface area contributed by atoms with Crippen LogP contribution in [0, 0.1) is 13.8 Å². The first-order chi connectivity index (χ1) is 9.13. The van der Waals surface area contributed by atoms with Gasteiger partial charge in [-0.1, -0.05) is 23.8 Å². The SMILES string of the molecule is CCOC(=O)CCCNCCc1cc(C)ccc1C. The highest BCUT2D eigenvalue weighted by Crippen LogP contribution is 2.10. The molecule has 0 bridgehead atoms. The monoisotopic (exact) mass is 263 g/mol. The Labute approximate surface area is 116 Å². The quantitative estimate of drug-likeness (QED) is 0.579. The second kappa shape index (κ2) is 8.70. The van der Waals surface area contributed by atoms with Gasteiger partial charge in [0.2, 0.25) is 0 Å². The maximum absolute atomic E-state index is 11.1. The van der Waals surface area contributed by atoms with Gasteiger partial charge < -0.3 is 10.1 Å². The third-order valence-corrected chi connectivity index (χ3v) is 3.12. The van der Waals surface area contributed by atoms with E-state index >= 15 is 0 Å². The second-order valence-electron chi connectivity index (χ2n) is 4.84. The first kappa shape index (κ1) is 15.7. The summed E-state index contributed by atoms with van der Waals surface area (Å²) in [4.78, 5) is 11.1. The van der Waals surface area contributed by atoms with Crippen molar-refractivity contribution in [1.29, 1.82) is 0 Å². The zero-order chi connectivity index (χ0) is 14.1. The average Bonchev–Trinajstić information content (AvgIpc) is 2.38. The summed E-state index contributed by atoms with van der Waals surface area (Å²) < 4.78 is 4.88. The Morgan fingerprint density at radius 1 is 1.26 bits per heavy atom. The molecule has 0 amide bonds.